The zero-order chi connectivity index (χ0) is 21.7. The third kappa shape index (κ3) is 5.68. The topological polar surface area (TPSA) is 75.4 Å². The summed E-state index contributed by atoms with van der Waals surface area (Å²) in [4.78, 5) is 10.5. The van der Waals surface area contributed by atoms with Crippen molar-refractivity contribution >= 4 is 27.3 Å². The van der Waals surface area contributed by atoms with Crippen LogP contribution in [-0.2, 0) is 0 Å². The molecule has 5 nitrogen and oxygen atoms in total. The minimum Gasteiger partial charge on any atom is -0.388 e. The van der Waals surface area contributed by atoms with Crippen LogP contribution >= 0.6 is 15.9 Å². The number of rotatable bonds is 8. The molecule has 0 fully saturated rings. The summed E-state index contributed by atoms with van der Waals surface area (Å²) in [5.41, 5.74) is 3.96. The van der Waals surface area contributed by atoms with Crippen LogP contribution in [-0.4, -0.2) is 10.0 Å². The van der Waals surface area contributed by atoms with E-state index in [1.165, 1.54) is 17.7 Å². The van der Waals surface area contributed by atoms with Gasteiger partial charge >= 0.3 is 0 Å². The summed E-state index contributed by atoms with van der Waals surface area (Å²) in [5, 5.41) is 25.2. The van der Waals surface area contributed by atoms with E-state index in [1.54, 1.807) is 12.1 Å². The second-order valence-electron chi connectivity index (χ2n) is 7.63. The van der Waals surface area contributed by atoms with Crippen LogP contribution < -0.4 is 5.32 Å². The standard InChI is InChI=1S/C24H25BrN2O3/c1-16(2)17-3-5-18(6-4-17)23(15-24(28)19-7-9-20(25)10-8-19)26-21-11-13-22(14-12-21)27(29)30/h3-14,16,23-24,26,28H,15H2,1-2H3. The van der Waals surface area contributed by atoms with E-state index in [0.717, 1.165) is 21.3 Å². The Labute approximate surface area is 185 Å². The average Bonchev–Trinajstić information content (AvgIpc) is 2.74. The fourth-order valence-corrected chi connectivity index (χ4v) is 3.58. The van der Waals surface area contributed by atoms with Gasteiger partial charge in [-0.3, -0.25) is 10.1 Å². The molecule has 2 atom stereocenters. The zero-order valence-electron chi connectivity index (χ0n) is 17.0. The fraction of sp³-hybridized carbons (Fsp3) is 0.250. The summed E-state index contributed by atoms with van der Waals surface area (Å²) in [6.45, 7) is 4.30. The maximum Gasteiger partial charge on any atom is 0.269 e. The summed E-state index contributed by atoms with van der Waals surface area (Å²) >= 11 is 3.42. The fourth-order valence-electron chi connectivity index (χ4n) is 3.32. The maximum absolute atomic E-state index is 10.9. The number of non-ortho nitro benzene ring substituents is 1. The number of nitro groups is 1. The first kappa shape index (κ1) is 22.0. The molecule has 156 valence electrons. The summed E-state index contributed by atoms with van der Waals surface area (Å²) in [7, 11) is 0. The number of aliphatic hydroxyl groups excluding tert-OH is 1. The second-order valence-corrected chi connectivity index (χ2v) is 8.54. The largest absolute Gasteiger partial charge is 0.388 e. The Morgan fingerprint density at radius 2 is 1.43 bits per heavy atom. The smallest absolute Gasteiger partial charge is 0.269 e. The van der Waals surface area contributed by atoms with Crippen molar-refractivity contribution in [1.82, 2.24) is 0 Å². The molecule has 0 aliphatic rings. The summed E-state index contributed by atoms with van der Waals surface area (Å²) < 4.78 is 0.961. The molecular formula is C24H25BrN2O3. The quantitative estimate of drug-likeness (QED) is 0.282. The van der Waals surface area contributed by atoms with Crippen molar-refractivity contribution in [3.8, 4) is 0 Å². The average molecular weight is 469 g/mol. The molecule has 0 radical (unpaired) electrons. The molecule has 0 saturated heterocycles. The molecule has 0 aromatic heterocycles. The van der Waals surface area contributed by atoms with Crippen LogP contribution in [0.25, 0.3) is 0 Å². The Morgan fingerprint density at radius 1 is 0.900 bits per heavy atom. The summed E-state index contributed by atoms with van der Waals surface area (Å²) in [5.74, 6) is 0.438. The molecule has 30 heavy (non-hydrogen) atoms. The van der Waals surface area contributed by atoms with Gasteiger partial charge in [0.15, 0.2) is 0 Å². The molecule has 0 aliphatic carbocycles. The molecule has 6 heteroatoms. The number of aliphatic hydroxyl groups is 1. The Kier molecular flexibility index (Phi) is 7.24. The highest BCUT2D eigenvalue weighted by Crippen LogP contribution is 2.31. The van der Waals surface area contributed by atoms with Crippen LogP contribution in [0.1, 0.15) is 55.0 Å². The maximum atomic E-state index is 10.9. The predicted octanol–water partition coefficient (Wildman–Crippen LogP) is 6.76. The monoisotopic (exact) mass is 468 g/mol. The first-order chi connectivity index (χ1) is 14.3. The third-order valence-electron chi connectivity index (χ3n) is 5.14. The van der Waals surface area contributed by atoms with Crippen molar-refractivity contribution in [3.05, 3.63) is 104 Å². The first-order valence-electron chi connectivity index (χ1n) is 9.88. The van der Waals surface area contributed by atoms with E-state index in [0.29, 0.717) is 12.3 Å². The molecule has 2 N–H and O–H groups in total. The van der Waals surface area contributed by atoms with Gasteiger partial charge in [0.2, 0.25) is 0 Å². The van der Waals surface area contributed by atoms with Crippen molar-refractivity contribution in [3.63, 3.8) is 0 Å². The minimum atomic E-state index is -0.654. The highest BCUT2D eigenvalue weighted by molar-refractivity contribution is 9.10. The van der Waals surface area contributed by atoms with Gasteiger partial charge in [-0.25, -0.2) is 0 Å². The zero-order valence-corrected chi connectivity index (χ0v) is 18.5. The number of nitrogens with zero attached hydrogens (tertiary/aromatic N) is 1. The van der Waals surface area contributed by atoms with Gasteiger partial charge in [0.25, 0.3) is 5.69 Å². The van der Waals surface area contributed by atoms with Crippen molar-refractivity contribution in [2.75, 3.05) is 5.32 Å². The van der Waals surface area contributed by atoms with Crippen molar-refractivity contribution in [2.45, 2.75) is 38.3 Å². The molecule has 3 rings (SSSR count). The lowest BCUT2D eigenvalue weighted by atomic mass is 9.94. The van der Waals surface area contributed by atoms with Crippen molar-refractivity contribution in [2.24, 2.45) is 0 Å². The highest BCUT2D eigenvalue weighted by atomic mass is 79.9. The molecule has 0 spiro atoms. The van der Waals surface area contributed by atoms with Crippen LogP contribution in [0.3, 0.4) is 0 Å². The van der Waals surface area contributed by atoms with E-state index in [1.807, 2.05) is 24.3 Å². The molecule has 0 bridgehead atoms. The molecule has 0 saturated carbocycles. The van der Waals surface area contributed by atoms with Gasteiger partial charge in [-0.1, -0.05) is 66.2 Å². The highest BCUT2D eigenvalue weighted by Gasteiger charge is 2.19. The Hall–Kier alpha value is -2.70. The number of anilines is 1. The Morgan fingerprint density at radius 3 is 1.97 bits per heavy atom. The molecule has 0 heterocycles. The normalized spacial score (nSPS) is 13.1. The van der Waals surface area contributed by atoms with Gasteiger partial charge in [0.1, 0.15) is 0 Å². The van der Waals surface area contributed by atoms with E-state index < -0.39 is 11.0 Å². The predicted molar refractivity (Wildman–Crippen MR) is 124 cm³/mol. The SMILES string of the molecule is CC(C)c1ccc(C(CC(O)c2ccc(Br)cc2)Nc2ccc([N+](=O)[O-])cc2)cc1. The molecule has 0 aliphatic heterocycles. The third-order valence-corrected chi connectivity index (χ3v) is 5.67. The van der Waals surface area contributed by atoms with Crippen molar-refractivity contribution < 1.29 is 10.0 Å². The van der Waals surface area contributed by atoms with E-state index >= 15 is 0 Å². The van der Waals surface area contributed by atoms with Crippen molar-refractivity contribution in [1.29, 1.82) is 0 Å². The van der Waals surface area contributed by atoms with Crippen LogP contribution in [0.2, 0.25) is 0 Å². The van der Waals surface area contributed by atoms with E-state index in [-0.39, 0.29) is 11.7 Å². The number of nitro benzene ring substituents is 1. The second kappa shape index (κ2) is 9.87. The number of nitrogens with one attached hydrogen (secondary N) is 1. The van der Waals surface area contributed by atoms with Crippen LogP contribution in [0.4, 0.5) is 11.4 Å². The molecule has 0 amide bonds. The minimum absolute atomic E-state index is 0.0493. The van der Waals surface area contributed by atoms with Gasteiger partial charge < -0.3 is 10.4 Å². The van der Waals surface area contributed by atoms with Gasteiger partial charge in [0, 0.05) is 28.7 Å². The summed E-state index contributed by atoms with van der Waals surface area (Å²) in [6.07, 6.45) is -0.196. The van der Waals surface area contributed by atoms with Crippen LogP contribution in [0.5, 0.6) is 0 Å². The molecule has 3 aromatic rings. The lowest BCUT2D eigenvalue weighted by Crippen LogP contribution is -2.15. The lowest BCUT2D eigenvalue weighted by molar-refractivity contribution is -0.384. The van der Waals surface area contributed by atoms with Gasteiger partial charge in [-0.15, -0.1) is 0 Å². The summed E-state index contributed by atoms with van der Waals surface area (Å²) in [6, 6.07) is 22.2. The molecule has 3 aromatic carbocycles. The van der Waals surface area contributed by atoms with Gasteiger partial charge in [0.05, 0.1) is 17.1 Å². The number of hydrogen-bond acceptors (Lipinski definition) is 4. The van der Waals surface area contributed by atoms with Crippen LogP contribution in [0, 0.1) is 10.1 Å². The first-order valence-corrected chi connectivity index (χ1v) is 10.7. The number of halogens is 1. The van der Waals surface area contributed by atoms with E-state index in [2.05, 4.69) is 59.4 Å². The Balaban J connectivity index is 1.85. The van der Waals surface area contributed by atoms with Crippen LogP contribution in [0.15, 0.2) is 77.3 Å². The number of hydrogen-bond donors (Lipinski definition) is 2. The van der Waals surface area contributed by atoms with E-state index in [4.69, 9.17) is 0 Å². The Bertz CT molecular complexity index is 971. The lowest BCUT2D eigenvalue weighted by Gasteiger charge is -2.24. The number of benzene rings is 3. The molecular weight excluding hydrogens is 444 g/mol. The van der Waals surface area contributed by atoms with E-state index in [9.17, 15) is 15.2 Å². The van der Waals surface area contributed by atoms with Gasteiger partial charge in [-0.2, -0.15) is 0 Å². The molecule has 2 unspecified atom stereocenters. The van der Waals surface area contributed by atoms with Gasteiger partial charge in [-0.05, 0) is 46.9 Å².